The van der Waals surface area contributed by atoms with Crippen LogP contribution in [-0.2, 0) is 4.74 Å². The maximum atomic E-state index is 5.88. The summed E-state index contributed by atoms with van der Waals surface area (Å²) in [6.07, 6.45) is 5.13. The number of nitrogens with one attached hydrogen (secondary N) is 1. The van der Waals surface area contributed by atoms with E-state index in [9.17, 15) is 0 Å². The lowest BCUT2D eigenvalue weighted by molar-refractivity contribution is 0.105. The van der Waals surface area contributed by atoms with Crippen molar-refractivity contribution in [3.8, 4) is 5.75 Å². The van der Waals surface area contributed by atoms with Gasteiger partial charge < -0.3 is 14.8 Å². The van der Waals surface area contributed by atoms with Crippen LogP contribution in [0.1, 0.15) is 44.2 Å². The molecule has 1 N–H and O–H groups in total. The molecule has 3 heteroatoms. The third kappa shape index (κ3) is 4.80. The fourth-order valence-electron chi connectivity index (χ4n) is 2.39. The summed E-state index contributed by atoms with van der Waals surface area (Å²) in [6.45, 7) is 4.77. The maximum Gasteiger partial charge on any atom is 0.123 e. The van der Waals surface area contributed by atoms with E-state index >= 15 is 0 Å². The Balaban J connectivity index is 1.89. The lowest BCUT2D eigenvalue weighted by atomic mass is 10.1. The first-order chi connectivity index (χ1) is 9.85. The Morgan fingerprint density at radius 2 is 2.10 bits per heavy atom. The number of methoxy groups -OCH3 is 1. The summed E-state index contributed by atoms with van der Waals surface area (Å²) in [7, 11) is 1.73. The summed E-state index contributed by atoms with van der Waals surface area (Å²) < 4.78 is 11.3. The van der Waals surface area contributed by atoms with Crippen LogP contribution < -0.4 is 10.1 Å². The highest BCUT2D eigenvalue weighted by Gasteiger charge is 2.21. The van der Waals surface area contributed by atoms with Crippen LogP contribution in [0.3, 0.4) is 0 Å². The summed E-state index contributed by atoms with van der Waals surface area (Å²) in [5.41, 5.74) is 1.19. The molecule has 0 bridgehead atoms. The van der Waals surface area contributed by atoms with E-state index in [4.69, 9.17) is 9.47 Å². The molecule has 1 unspecified atom stereocenters. The average Bonchev–Trinajstić information content (AvgIpc) is 3.31. The van der Waals surface area contributed by atoms with Crippen molar-refractivity contribution in [3.63, 3.8) is 0 Å². The van der Waals surface area contributed by atoms with Crippen LogP contribution in [-0.4, -0.2) is 26.9 Å². The first-order valence-corrected chi connectivity index (χ1v) is 7.79. The molecule has 1 atom stereocenters. The fourth-order valence-corrected chi connectivity index (χ4v) is 2.39. The summed E-state index contributed by atoms with van der Waals surface area (Å²) in [4.78, 5) is 0. The zero-order valence-electron chi connectivity index (χ0n) is 12.7. The first-order valence-electron chi connectivity index (χ1n) is 7.79. The van der Waals surface area contributed by atoms with Crippen LogP contribution in [0.25, 0.3) is 0 Å². The van der Waals surface area contributed by atoms with E-state index in [2.05, 4.69) is 24.4 Å². The lowest BCUT2D eigenvalue weighted by Crippen LogP contribution is -2.27. The number of ether oxygens (including phenoxy) is 2. The van der Waals surface area contributed by atoms with E-state index in [-0.39, 0.29) is 6.04 Å². The van der Waals surface area contributed by atoms with Crippen molar-refractivity contribution in [2.75, 3.05) is 26.9 Å². The number of para-hydroxylation sites is 1. The molecule has 1 saturated carbocycles. The summed E-state index contributed by atoms with van der Waals surface area (Å²) >= 11 is 0. The normalized spacial score (nSPS) is 16.1. The Morgan fingerprint density at radius 1 is 1.30 bits per heavy atom. The Labute approximate surface area is 122 Å². The molecule has 112 valence electrons. The third-order valence-corrected chi connectivity index (χ3v) is 3.81. The van der Waals surface area contributed by atoms with Gasteiger partial charge in [0.1, 0.15) is 5.75 Å². The van der Waals surface area contributed by atoms with Crippen molar-refractivity contribution in [1.29, 1.82) is 0 Å². The number of hydrogen-bond acceptors (Lipinski definition) is 3. The number of benzene rings is 1. The Morgan fingerprint density at radius 3 is 2.80 bits per heavy atom. The van der Waals surface area contributed by atoms with Crippen molar-refractivity contribution < 1.29 is 9.47 Å². The van der Waals surface area contributed by atoms with Gasteiger partial charge in [-0.3, -0.25) is 0 Å². The Kier molecular flexibility index (Phi) is 6.34. The van der Waals surface area contributed by atoms with E-state index in [1.807, 2.05) is 12.1 Å². The minimum Gasteiger partial charge on any atom is -0.496 e. The molecule has 1 aliphatic rings. The molecular weight excluding hydrogens is 250 g/mol. The van der Waals surface area contributed by atoms with Gasteiger partial charge in [-0.15, -0.1) is 0 Å². The van der Waals surface area contributed by atoms with Crippen molar-refractivity contribution in [2.45, 2.75) is 38.6 Å². The molecule has 0 aliphatic heterocycles. The average molecular weight is 277 g/mol. The molecule has 1 aromatic rings. The molecular formula is C17H27NO2. The number of rotatable bonds is 10. The molecule has 0 spiro atoms. The summed E-state index contributed by atoms with van der Waals surface area (Å²) in [5, 5.41) is 3.56. The van der Waals surface area contributed by atoms with Crippen LogP contribution in [0.2, 0.25) is 0 Å². The van der Waals surface area contributed by atoms with Gasteiger partial charge in [0.25, 0.3) is 0 Å². The smallest absolute Gasteiger partial charge is 0.123 e. The zero-order valence-corrected chi connectivity index (χ0v) is 12.7. The molecule has 0 heterocycles. The van der Waals surface area contributed by atoms with Gasteiger partial charge in [0.15, 0.2) is 0 Å². The zero-order chi connectivity index (χ0) is 14.2. The van der Waals surface area contributed by atoms with Gasteiger partial charge in [-0.2, -0.15) is 0 Å². The summed E-state index contributed by atoms with van der Waals surface area (Å²) in [6, 6.07) is 8.41. The van der Waals surface area contributed by atoms with Crippen molar-refractivity contribution in [1.82, 2.24) is 5.32 Å². The van der Waals surface area contributed by atoms with Crippen molar-refractivity contribution >= 4 is 0 Å². The van der Waals surface area contributed by atoms with Crippen LogP contribution in [0.4, 0.5) is 0 Å². The van der Waals surface area contributed by atoms with E-state index in [1.54, 1.807) is 7.11 Å². The minimum absolute atomic E-state index is 0.213. The van der Waals surface area contributed by atoms with E-state index < -0.39 is 0 Å². The Hall–Kier alpha value is -1.06. The summed E-state index contributed by atoms with van der Waals surface area (Å²) in [5.74, 6) is 1.87. The predicted octanol–water partition coefficient (Wildman–Crippen LogP) is 3.55. The molecule has 20 heavy (non-hydrogen) atoms. The van der Waals surface area contributed by atoms with Crippen LogP contribution in [0.15, 0.2) is 24.3 Å². The Bertz CT molecular complexity index is 390. The molecule has 2 rings (SSSR count). The monoisotopic (exact) mass is 277 g/mol. The minimum atomic E-state index is 0.213. The largest absolute Gasteiger partial charge is 0.496 e. The molecule has 0 radical (unpaired) electrons. The van der Waals surface area contributed by atoms with Crippen LogP contribution in [0, 0.1) is 5.92 Å². The molecule has 1 aromatic carbocycles. The van der Waals surface area contributed by atoms with E-state index in [1.165, 1.54) is 24.8 Å². The number of hydrogen-bond donors (Lipinski definition) is 1. The van der Waals surface area contributed by atoms with Crippen LogP contribution in [0.5, 0.6) is 5.75 Å². The van der Waals surface area contributed by atoms with E-state index in [0.717, 1.165) is 31.2 Å². The fraction of sp³-hybridized carbons (Fsp3) is 0.647. The second-order valence-electron chi connectivity index (χ2n) is 5.56. The van der Waals surface area contributed by atoms with E-state index in [0.29, 0.717) is 6.61 Å². The van der Waals surface area contributed by atoms with Gasteiger partial charge in [-0.1, -0.05) is 38.0 Å². The molecule has 1 aliphatic carbocycles. The molecule has 3 nitrogen and oxygen atoms in total. The van der Waals surface area contributed by atoms with Crippen molar-refractivity contribution in [3.05, 3.63) is 29.8 Å². The highest BCUT2D eigenvalue weighted by molar-refractivity contribution is 5.35. The molecule has 0 amide bonds. The highest BCUT2D eigenvalue weighted by Crippen LogP contribution is 2.32. The SMILES string of the molecule is CCCNC(COCCC1CC1)c1ccccc1OC. The standard InChI is InChI=1S/C17H27NO2/c1-3-11-18-16(13-20-12-10-14-8-9-14)15-6-4-5-7-17(15)19-2/h4-7,14,16,18H,3,8-13H2,1-2H3. The predicted molar refractivity (Wildman–Crippen MR) is 82.2 cm³/mol. The highest BCUT2D eigenvalue weighted by atomic mass is 16.5. The van der Waals surface area contributed by atoms with Gasteiger partial charge in [0, 0.05) is 12.2 Å². The maximum absolute atomic E-state index is 5.88. The van der Waals surface area contributed by atoms with Crippen molar-refractivity contribution in [2.24, 2.45) is 5.92 Å². The molecule has 1 fully saturated rings. The second-order valence-corrected chi connectivity index (χ2v) is 5.56. The lowest BCUT2D eigenvalue weighted by Gasteiger charge is -2.21. The van der Waals surface area contributed by atoms with Gasteiger partial charge in [-0.25, -0.2) is 0 Å². The quantitative estimate of drug-likeness (QED) is 0.663. The second kappa shape index (κ2) is 8.28. The van der Waals surface area contributed by atoms with Gasteiger partial charge >= 0.3 is 0 Å². The van der Waals surface area contributed by atoms with Gasteiger partial charge in [0.05, 0.1) is 19.8 Å². The van der Waals surface area contributed by atoms with Gasteiger partial charge in [0.2, 0.25) is 0 Å². The molecule has 0 aromatic heterocycles. The topological polar surface area (TPSA) is 30.5 Å². The molecule has 0 saturated heterocycles. The van der Waals surface area contributed by atoms with Gasteiger partial charge in [-0.05, 0) is 31.4 Å². The third-order valence-electron chi connectivity index (χ3n) is 3.81. The first kappa shape index (κ1) is 15.3. The van der Waals surface area contributed by atoms with Crippen LogP contribution >= 0.6 is 0 Å².